The van der Waals surface area contributed by atoms with Crippen LogP contribution in [0.2, 0.25) is 0 Å². The van der Waals surface area contributed by atoms with Crippen molar-refractivity contribution in [2.24, 2.45) is 0 Å². The monoisotopic (exact) mass is 259 g/mol. The normalized spacial score (nSPS) is 11.9. The third-order valence-corrected chi connectivity index (χ3v) is 2.32. The largest absolute Gasteiger partial charge is 0.481 e. The van der Waals surface area contributed by atoms with E-state index >= 15 is 0 Å². The Hall–Kier alpha value is -2.05. The van der Waals surface area contributed by atoms with Crippen LogP contribution in [0.15, 0.2) is 22.6 Å². The molecule has 0 bridgehead atoms. The van der Waals surface area contributed by atoms with Crippen LogP contribution < -0.4 is 0 Å². The van der Waals surface area contributed by atoms with Crippen LogP contribution in [0.25, 0.3) is 11.1 Å². The van der Waals surface area contributed by atoms with Crippen molar-refractivity contribution in [1.82, 2.24) is 4.98 Å². The van der Waals surface area contributed by atoms with Gasteiger partial charge in [-0.25, -0.2) is 4.98 Å². The first-order valence-corrected chi connectivity index (χ1v) is 5.05. The molecule has 1 aromatic carbocycles. The second-order valence-electron chi connectivity index (χ2n) is 3.71. The van der Waals surface area contributed by atoms with Gasteiger partial charge in [-0.15, -0.1) is 0 Å². The number of carboxylic acids is 1. The molecular formula is C11H8F3NO3. The topological polar surface area (TPSA) is 63.3 Å². The number of aliphatic carboxylic acids is 1. The van der Waals surface area contributed by atoms with Gasteiger partial charge in [-0.05, 0) is 24.1 Å². The van der Waals surface area contributed by atoms with Crippen LogP contribution in [-0.2, 0) is 17.4 Å². The molecule has 7 heteroatoms. The predicted molar refractivity (Wildman–Crippen MR) is 55.0 cm³/mol. The standard InChI is InChI=1S/C11H8F3NO3/c12-11(13,14)10-15-7-5-6(2-4-9(16)17)1-3-8(7)18-10/h1,3,5H,2,4H2,(H,16,17). The number of oxazole rings is 1. The van der Waals surface area contributed by atoms with Gasteiger partial charge in [0.25, 0.3) is 0 Å². The molecule has 0 aliphatic carbocycles. The number of alkyl halides is 3. The first-order chi connectivity index (χ1) is 8.36. The maximum atomic E-state index is 12.3. The lowest BCUT2D eigenvalue weighted by atomic mass is 10.1. The van der Waals surface area contributed by atoms with E-state index in [1.165, 1.54) is 18.2 Å². The molecule has 4 nitrogen and oxygen atoms in total. The Bertz CT molecular complexity index is 589. The summed E-state index contributed by atoms with van der Waals surface area (Å²) in [6.45, 7) is 0. The molecule has 0 saturated carbocycles. The van der Waals surface area contributed by atoms with Crippen molar-refractivity contribution in [2.75, 3.05) is 0 Å². The van der Waals surface area contributed by atoms with Crippen molar-refractivity contribution in [2.45, 2.75) is 19.0 Å². The van der Waals surface area contributed by atoms with Crippen molar-refractivity contribution in [3.8, 4) is 0 Å². The molecule has 1 aromatic heterocycles. The van der Waals surface area contributed by atoms with Crippen LogP contribution in [0, 0.1) is 0 Å². The van der Waals surface area contributed by atoms with Gasteiger partial charge in [0.1, 0.15) is 5.52 Å². The van der Waals surface area contributed by atoms with Crippen LogP contribution >= 0.6 is 0 Å². The number of carbonyl (C=O) groups is 1. The Morgan fingerprint density at radius 2 is 2.11 bits per heavy atom. The number of fused-ring (bicyclic) bond motifs is 1. The molecule has 0 aliphatic heterocycles. The third-order valence-electron chi connectivity index (χ3n) is 2.32. The summed E-state index contributed by atoms with van der Waals surface area (Å²) in [5, 5.41) is 8.52. The maximum absolute atomic E-state index is 12.3. The number of rotatable bonds is 3. The predicted octanol–water partition coefficient (Wildman–Crippen LogP) is 2.86. The highest BCUT2D eigenvalue weighted by molar-refractivity contribution is 5.74. The Morgan fingerprint density at radius 1 is 1.39 bits per heavy atom. The van der Waals surface area contributed by atoms with Crippen molar-refractivity contribution >= 4 is 17.1 Å². The van der Waals surface area contributed by atoms with Gasteiger partial charge in [0, 0.05) is 6.42 Å². The number of carboxylic acid groups (broad SMARTS) is 1. The highest BCUT2D eigenvalue weighted by Crippen LogP contribution is 2.31. The summed E-state index contributed by atoms with van der Waals surface area (Å²) in [5.74, 6) is -2.26. The fourth-order valence-electron chi connectivity index (χ4n) is 1.50. The molecule has 2 rings (SSSR count). The van der Waals surface area contributed by atoms with Crippen LogP contribution in [0.4, 0.5) is 13.2 Å². The first-order valence-electron chi connectivity index (χ1n) is 5.05. The lowest BCUT2D eigenvalue weighted by Gasteiger charge is -1.97. The van der Waals surface area contributed by atoms with Crippen molar-refractivity contribution in [3.05, 3.63) is 29.7 Å². The lowest BCUT2D eigenvalue weighted by Crippen LogP contribution is -2.04. The SMILES string of the molecule is O=C(O)CCc1ccc2oc(C(F)(F)F)nc2c1. The second kappa shape index (κ2) is 4.32. The van der Waals surface area contributed by atoms with E-state index in [1.54, 1.807) is 0 Å². The van der Waals surface area contributed by atoms with E-state index in [0.717, 1.165) is 0 Å². The number of hydrogen-bond acceptors (Lipinski definition) is 3. The van der Waals surface area contributed by atoms with E-state index in [2.05, 4.69) is 9.40 Å². The fraction of sp³-hybridized carbons (Fsp3) is 0.273. The molecule has 1 heterocycles. The molecule has 0 saturated heterocycles. The van der Waals surface area contributed by atoms with Gasteiger partial charge in [0.15, 0.2) is 5.58 Å². The number of hydrogen-bond donors (Lipinski definition) is 1. The molecule has 0 fully saturated rings. The van der Waals surface area contributed by atoms with E-state index in [-0.39, 0.29) is 23.9 Å². The lowest BCUT2D eigenvalue weighted by molar-refractivity contribution is -0.156. The Kier molecular flexibility index (Phi) is 2.98. The van der Waals surface area contributed by atoms with E-state index in [9.17, 15) is 18.0 Å². The zero-order valence-electron chi connectivity index (χ0n) is 8.99. The van der Waals surface area contributed by atoms with Gasteiger partial charge in [-0.2, -0.15) is 13.2 Å². The Morgan fingerprint density at radius 3 is 2.72 bits per heavy atom. The molecule has 0 unspecified atom stereocenters. The average Bonchev–Trinajstić information content (AvgIpc) is 2.68. The summed E-state index contributed by atoms with van der Waals surface area (Å²) in [4.78, 5) is 13.7. The molecular weight excluding hydrogens is 251 g/mol. The van der Waals surface area contributed by atoms with E-state index in [0.29, 0.717) is 5.56 Å². The minimum absolute atomic E-state index is 0.0291. The number of nitrogens with zero attached hydrogens (tertiary/aromatic N) is 1. The van der Waals surface area contributed by atoms with Crippen LogP contribution in [0.1, 0.15) is 17.9 Å². The zero-order valence-corrected chi connectivity index (χ0v) is 8.99. The molecule has 0 spiro atoms. The minimum atomic E-state index is -4.62. The molecule has 1 N–H and O–H groups in total. The van der Waals surface area contributed by atoms with Crippen molar-refractivity contribution < 1.29 is 27.5 Å². The molecule has 0 aliphatic rings. The Balaban J connectivity index is 2.31. The summed E-state index contributed by atoms with van der Waals surface area (Å²) < 4.78 is 41.6. The van der Waals surface area contributed by atoms with Gasteiger partial charge in [-0.3, -0.25) is 4.79 Å². The van der Waals surface area contributed by atoms with Crippen LogP contribution in [-0.4, -0.2) is 16.1 Å². The number of aromatic nitrogens is 1. The summed E-state index contributed by atoms with van der Waals surface area (Å²) in [6.07, 6.45) is -4.48. The van der Waals surface area contributed by atoms with Gasteiger partial charge in [0.05, 0.1) is 0 Å². The van der Waals surface area contributed by atoms with E-state index in [4.69, 9.17) is 5.11 Å². The second-order valence-corrected chi connectivity index (χ2v) is 3.71. The van der Waals surface area contributed by atoms with E-state index in [1.807, 2.05) is 0 Å². The molecule has 96 valence electrons. The maximum Gasteiger partial charge on any atom is 0.468 e. The molecule has 2 aromatic rings. The summed E-state index contributed by atoms with van der Waals surface area (Å²) in [7, 11) is 0. The van der Waals surface area contributed by atoms with E-state index < -0.39 is 18.0 Å². The summed E-state index contributed by atoms with van der Waals surface area (Å²) in [5.41, 5.74) is 0.707. The minimum Gasteiger partial charge on any atom is -0.481 e. The van der Waals surface area contributed by atoms with Gasteiger partial charge in [0.2, 0.25) is 0 Å². The quantitative estimate of drug-likeness (QED) is 0.920. The summed E-state index contributed by atoms with van der Waals surface area (Å²) in [6, 6.07) is 4.28. The number of aryl methyl sites for hydroxylation is 1. The van der Waals surface area contributed by atoms with Gasteiger partial charge < -0.3 is 9.52 Å². The highest BCUT2D eigenvalue weighted by atomic mass is 19.4. The van der Waals surface area contributed by atoms with Crippen molar-refractivity contribution in [3.63, 3.8) is 0 Å². The molecule has 0 amide bonds. The van der Waals surface area contributed by atoms with Crippen LogP contribution in [0.3, 0.4) is 0 Å². The summed E-state index contributed by atoms with van der Waals surface area (Å²) >= 11 is 0. The van der Waals surface area contributed by atoms with Crippen molar-refractivity contribution in [1.29, 1.82) is 0 Å². The third kappa shape index (κ3) is 2.61. The van der Waals surface area contributed by atoms with Gasteiger partial charge in [-0.1, -0.05) is 6.07 Å². The Labute approximate surface area is 99.0 Å². The molecule has 0 atom stereocenters. The molecule has 0 radical (unpaired) electrons. The molecule has 18 heavy (non-hydrogen) atoms. The highest BCUT2D eigenvalue weighted by Gasteiger charge is 2.37. The van der Waals surface area contributed by atoms with Crippen LogP contribution in [0.5, 0.6) is 0 Å². The average molecular weight is 259 g/mol. The first kappa shape index (κ1) is 12.4. The number of halogens is 3. The van der Waals surface area contributed by atoms with Gasteiger partial charge >= 0.3 is 18.0 Å². The smallest absolute Gasteiger partial charge is 0.468 e. The number of benzene rings is 1. The fourth-order valence-corrected chi connectivity index (χ4v) is 1.50. The zero-order chi connectivity index (χ0) is 13.3.